The van der Waals surface area contributed by atoms with E-state index in [0.717, 1.165) is 12.8 Å². The Bertz CT molecular complexity index is 233. The first-order valence-corrected chi connectivity index (χ1v) is 5.98. The summed E-state index contributed by atoms with van der Waals surface area (Å²) in [4.78, 5) is 11.9. The van der Waals surface area contributed by atoms with Gasteiger partial charge in [-0.2, -0.15) is 0 Å². The molecule has 0 aromatic rings. The monoisotopic (exact) mass is 207 g/mol. The van der Waals surface area contributed by atoms with Crippen molar-refractivity contribution in [2.45, 2.75) is 57.9 Å². The molecule has 15 heavy (non-hydrogen) atoms. The van der Waals surface area contributed by atoms with Crippen molar-refractivity contribution >= 4 is 5.91 Å². The van der Waals surface area contributed by atoms with Gasteiger partial charge >= 0.3 is 0 Å². The average Bonchev–Trinajstić information content (AvgIpc) is 2.45. The number of carbonyl (C=O) groups is 1. The molecule has 1 aliphatic rings. The van der Waals surface area contributed by atoms with Crippen LogP contribution in [0, 0.1) is 18.3 Å². The number of rotatable bonds is 3. The van der Waals surface area contributed by atoms with Crippen LogP contribution >= 0.6 is 0 Å². The van der Waals surface area contributed by atoms with Gasteiger partial charge < -0.3 is 5.32 Å². The van der Waals surface area contributed by atoms with Crippen LogP contribution < -0.4 is 5.32 Å². The second-order valence-corrected chi connectivity index (χ2v) is 4.51. The molecule has 1 N–H and O–H groups in total. The summed E-state index contributed by atoms with van der Waals surface area (Å²) in [6.45, 7) is 1.97. The molecule has 0 aromatic carbocycles. The molecule has 0 radical (unpaired) electrons. The van der Waals surface area contributed by atoms with Crippen LogP contribution in [-0.2, 0) is 4.79 Å². The topological polar surface area (TPSA) is 29.1 Å². The Hall–Kier alpha value is -0.970. The highest BCUT2D eigenvalue weighted by molar-refractivity contribution is 5.78. The minimum atomic E-state index is 0.116. The SMILES string of the molecule is C#CCC(C)NC(=O)C1CCCCCC1. The second-order valence-electron chi connectivity index (χ2n) is 4.51. The second kappa shape index (κ2) is 6.50. The molecule has 1 aliphatic carbocycles. The van der Waals surface area contributed by atoms with E-state index in [1.165, 1.54) is 25.7 Å². The van der Waals surface area contributed by atoms with Crippen molar-refractivity contribution in [1.82, 2.24) is 5.32 Å². The molecule has 1 unspecified atom stereocenters. The maximum absolute atomic E-state index is 11.9. The fraction of sp³-hybridized carbons (Fsp3) is 0.769. The van der Waals surface area contributed by atoms with E-state index in [1.807, 2.05) is 6.92 Å². The molecule has 0 bridgehead atoms. The third-order valence-corrected chi connectivity index (χ3v) is 3.04. The molecule has 0 heterocycles. The third kappa shape index (κ3) is 4.38. The van der Waals surface area contributed by atoms with Crippen LogP contribution in [-0.4, -0.2) is 11.9 Å². The quantitative estimate of drug-likeness (QED) is 0.559. The summed E-state index contributed by atoms with van der Waals surface area (Å²) in [7, 11) is 0. The summed E-state index contributed by atoms with van der Waals surface area (Å²) >= 11 is 0. The van der Waals surface area contributed by atoms with Crippen molar-refractivity contribution in [3.63, 3.8) is 0 Å². The Morgan fingerprint density at radius 3 is 2.53 bits per heavy atom. The predicted molar refractivity (Wildman–Crippen MR) is 62.2 cm³/mol. The fourth-order valence-corrected chi connectivity index (χ4v) is 2.13. The van der Waals surface area contributed by atoms with Crippen molar-refractivity contribution < 1.29 is 4.79 Å². The maximum Gasteiger partial charge on any atom is 0.223 e. The van der Waals surface area contributed by atoms with E-state index < -0.39 is 0 Å². The van der Waals surface area contributed by atoms with Gasteiger partial charge in [0.1, 0.15) is 0 Å². The fourth-order valence-electron chi connectivity index (χ4n) is 2.13. The van der Waals surface area contributed by atoms with Gasteiger partial charge in [0.15, 0.2) is 0 Å². The van der Waals surface area contributed by atoms with Gasteiger partial charge in [-0.15, -0.1) is 12.3 Å². The van der Waals surface area contributed by atoms with Crippen LogP contribution in [0.4, 0.5) is 0 Å². The largest absolute Gasteiger partial charge is 0.352 e. The summed E-state index contributed by atoms with van der Waals surface area (Å²) in [5, 5.41) is 3.00. The Labute approximate surface area is 92.8 Å². The lowest BCUT2D eigenvalue weighted by Crippen LogP contribution is -2.36. The first kappa shape index (κ1) is 12.1. The highest BCUT2D eigenvalue weighted by atomic mass is 16.1. The van der Waals surface area contributed by atoms with Crippen LogP contribution in [0.3, 0.4) is 0 Å². The lowest BCUT2D eigenvalue weighted by atomic mass is 9.99. The molecule has 84 valence electrons. The van der Waals surface area contributed by atoms with Crippen molar-refractivity contribution in [1.29, 1.82) is 0 Å². The van der Waals surface area contributed by atoms with Gasteiger partial charge in [0.05, 0.1) is 0 Å². The maximum atomic E-state index is 11.9. The Balaban J connectivity index is 2.34. The minimum Gasteiger partial charge on any atom is -0.352 e. The molecule has 1 fully saturated rings. The highest BCUT2D eigenvalue weighted by Gasteiger charge is 2.20. The minimum absolute atomic E-state index is 0.116. The first-order chi connectivity index (χ1) is 7.24. The van der Waals surface area contributed by atoms with E-state index >= 15 is 0 Å². The molecule has 2 nitrogen and oxygen atoms in total. The van der Waals surface area contributed by atoms with Gasteiger partial charge in [-0.05, 0) is 19.8 Å². The zero-order valence-electron chi connectivity index (χ0n) is 9.59. The lowest BCUT2D eigenvalue weighted by molar-refractivity contribution is -0.125. The predicted octanol–water partition coefficient (Wildman–Crippen LogP) is 2.48. The zero-order chi connectivity index (χ0) is 11.1. The molecule has 1 rings (SSSR count). The van der Waals surface area contributed by atoms with E-state index in [-0.39, 0.29) is 17.9 Å². The van der Waals surface area contributed by atoms with E-state index in [4.69, 9.17) is 6.42 Å². The molecule has 2 heteroatoms. The summed E-state index contributed by atoms with van der Waals surface area (Å²) in [5.41, 5.74) is 0. The van der Waals surface area contributed by atoms with Gasteiger partial charge in [-0.1, -0.05) is 25.7 Å². The Kier molecular flexibility index (Phi) is 5.25. The van der Waals surface area contributed by atoms with Gasteiger partial charge in [-0.3, -0.25) is 4.79 Å². The number of hydrogen-bond donors (Lipinski definition) is 1. The number of hydrogen-bond acceptors (Lipinski definition) is 1. The molecule has 0 aliphatic heterocycles. The summed E-state index contributed by atoms with van der Waals surface area (Å²) in [6, 6.07) is 0.116. The molecule has 1 saturated carbocycles. The van der Waals surface area contributed by atoms with Crippen LogP contribution in [0.25, 0.3) is 0 Å². The van der Waals surface area contributed by atoms with E-state index in [9.17, 15) is 4.79 Å². The van der Waals surface area contributed by atoms with E-state index in [1.54, 1.807) is 0 Å². The van der Waals surface area contributed by atoms with Gasteiger partial charge in [0, 0.05) is 18.4 Å². The standard InChI is InChI=1S/C13H21NO/c1-3-8-11(2)14-13(15)12-9-6-4-5-7-10-12/h1,11-12H,4-10H2,2H3,(H,14,15). The van der Waals surface area contributed by atoms with Crippen LogP contribution in [0.5, 0.6) is 0 Å². The molecule has 0 spiro atoms. The van der Waals surface area contributed by atoms with E-state index in [0.29, 0.717) is 6.42 Å². The summed E-state index contributed by atoms with van der Waals surface area (Å²) in [6.07, 6.45) is 12.9. The van der Waals surface area contributed by atoms with Crippen molar-refractivity contribution in [3.05, 3.63) is 0 Å². The highest BCUT2D eigenvalue weighted by Crippen LogP contribution is 2.22. The zero-order valence-corrected chi connectivity index (χ0v) is 9.59. The normalized spacial score (nSPS) is 20.0. The van der Waals surface area contributed by atoms with Gasteiger partial charge in [0.25, 0.3) is 0 Å². The van der Waals surface area contributed by atoms with Crippen LogP contribution in [0.15, 0.2) is 0 Å². The van der Waals surface area contributed by atoms with Crippen LogP contribution in [0.2, 0.25) is 0 Å². The average molecular weight is 207 g/mol. The molecular weight excluding hydrogens is 186 g/mol. The van der Waals surface area contributed by atoms with E-state index in [2.05, 4.69) is 11.2 Å². The lowest BCUT2D eigenvalue weighted by Gasteiger charge is -2.17. The van der Waals surface area contributed by atoms with Gasteiger partial charge in [0.2, 0.25) is 5.91 Å². The summed E-state index contributed by atoms with van der Waals surface area (Å²) in [5.74, 6) is 3.01. The Morgan fingerprint density at radius 2 is 2.00 bits per heavy atom. The number of nitrogens with one attached hydrogen (secondary N) is 1. The molecule has 1 atom stereocenters. The summed E-state index contributed by atoms with van der Waals surface area (Å²) < 4.78 is 0. The van der Waals surface area contributed by atoms with Gasteiger partial charge in [-0.25, -0.2) is 0 Å². The number of terminal acetylenes is 1. The number of amides is 1. The molecule has 0 aromatic heterocycles. The molecular formula is C13H21NO. The molecule has 0 saturated heterocycles. The van der Waals surface area contributed by atoms with Crippen LogP contribution in [0.1, 0.15) is 51.9 Å². The number of carbonyl (C=O) groups excluding carboxylic acids is 1. The van der Waals surface area contributed by atoms with Crippen molar-refractivity contribution in [3.8, 4) is 12.3 Å². The molecule has 1 amide bonds. The first-order valence-electron chi connectivity index (χ1n) is 5.98. The van der Waals surface area contributed by atoms with Crippen molar-refractivity contribution in [2.75, 3.05) is 0 Å². The van der Waals surface area contributed by atoms with Crippen molar-refractivity contribution in [2.24, 2.45) is 5.92 Å². The smallest absolute Gasteiger partial charge is 0.223 e. The third-order valence-electron chi connectivity index (χ3n) is 3.04. The Morgan fingerprint density at radius 1 is 1.40 bits per heavy atom.